The molecule has 0 saturated heterocycles. The minimum atomic E-state index is 0.659. The molecule has 4 rings (SSSR count). The van der Waals surface area contributed by atoms with Gasteiger partial charge < -0.3 is 0 Å². The fraction of sp³-hybridized carbons (Fsp3) is 0.211. The van der Waals surface area contributed by atoms with Crippen molar-refractivity contribution in [3.05, 3.63) is 70.9 Å². The lowest BCUT2D eigenvalue weighted by molar-refractivity contribution is 0.390. The first-order valence-electron chi connectivity index (χ1n) is 8.53. The number of hydrogen-bond donors (Lipinski definition) is 0. The minimum absolute atomic E-state index is 0.659. The predicted molar refractivity (Wildman–Crippen MR) is 109 cm³/mol. The van der Waals surface area contributed by atoms with Gasteiger partial charge in [-0.2, -0.15) is 5.10 Å². The fourth-order valence-electron chi connectivity index (χ4n) is 2.88. The third-order valence-corrected chi connectivity index (χ3v) is 5.52. The van der Waals surface area contributed by atoms with Crippen molar-refractivity contribution in [2.45, 2.75) is 17.7 Å². The third-order valence-electron chi connectivity index (χ3n) is 4.32. The molecule has 138 valence electrons. The van der Waals surface area contributed by atoms with Crippen molar-refractivity contribution < 1.29 is 0 Å². The normalized spacial score (nSPS) is 13.6. The molecule has 6 nitrogen and oxygen atoms in total. The Hall–Kier alpha value is -2.51. The van der Waals surface area contributed by atoms with Crippen LogP contribution in [0.2, 0.25) is 5.02 Å². The Balaban J connectivity index is 1.51. The Bertz CT molecular complexity index is 969. The van der Waals surface area contributed by atoms with E-state index >= 15 is 0 Å². The van der Waals surface area contributed by atoms with Crippen molar-refractivity contribution in [1.29, 1.82) is 0 Å². The van der Waals surface area contributed by atoms with Crippen LogP contribution >= 0.6 is 23.4 Å². The van der Waals surface area contributed by atoms with E-state index in [1.807, 2.05) is 58.3 Å². The highest BCUT2D eigenvalue weighted by molar-refractivity contribution is 7.98. The predicted octanol–water partition coefficient (Wildman–Crippen LogP) is 5.12. The zero-order valence-electron chi connectivity index (χ0n) is 15.1. The molecule has 0 amide bonds. The minimum Gasteiger partial charge on any atom is -0.258 e. The summed E-state index contributed by atoms with van der Waals surface area (Å²) >= 11 is 7.67. The first kappa shape index (κ1) is 17.9. The summed E-state index contributed by atoms with van der Waals surface area (Å²) in [7, 11) is 1.91. The maximum absolute atomic E-state index is 5.96. The number of rotatable bonds is 5. The van der Waals surface area contributed by atoms with E-state index in [2.05, 4.69) is 40.7 Å². The van der Waals surface area contributed by atoms with Gasteiger partial charge in [-0.1, -0.05) is 40.7 Å². The average Bonchev–Trinajstić information content (AvgIpc) is 3.30. The number of aromatic nitrogens is 2. The molecular weight excluding hydrogens is 380 g/mol. The smallest absolute Gasteiger partial charge is 0.132 e. The van der Waals surface area contributed by atoms with Crippen LogP contribution in [0.4, 0.5) is 5.69 Å². The average molecular weight is 399 g/mol. The first-order valence-corrected chi connectivity index (χ1v) is 9.89. The van der Waals surface area contributed by atoms with Gasteiger partial charge in [0, 0.05) is 24.0 Å². The van der Waals surface area contributed by atoms with Gasteiger partial charge in [0.05, 0.1) is 11.4 Å². The number of aryl methyl sites for hydroxylation is 1. The van der Waals surface area contributed by atoms with Crippen LogP contribution in [-0.4, -0.2) is 28.5 Å². The van der Waals surface area contributed by atoms with Crippen LogP contribution in [-0.2, 0) is 5.75 Å². The van der Waals surface area contributed by atoms with Crippen LogP contribution in [0.1, 0.15) is 11.1 Å². The van der Waals surface area contributed by atoms with E-state index in [0.29, 0.717) is 6.67 Å². The van der Waals surface area contributed by atoms with E-state index in [1.54, 1.807) is 11.8 Å². The molecular formula is C19H19ClN6S. The molecule has 0 N–H and O–H groups in total. The summed E-state index contributed by atoms with van der Waals surface area (Å²) in [5.41, 5.74) is 4.57. The van der Waals surface area contributed by atoms with E-state index < -0.39 is 0 Å². The lowest BCUT2D eigenvalue weighted by atomic mass is 10.1. The van der Waals surface area contributed by atoms with E-state index in [-0.39, 0.29) is 0 Å². The topological polar surface area (TPSA) is 49.0 Å². The lowest BCUT2D eigenvalue weighted by Crippen LogP contribution is -2.22. The second-order valence-corrected chi connectivity index (χ2v) is 7.75. The van der Waals surface area contributed by atoms with Crippen molar-refractivity contribution in [2.75, 3.05) is 18.7 Å². The zero-order chi connectivity index (χ0) is 18.8. The molecule has 0 saturated carbocycles. The number of anilines is 1. The number of hydrogen-bond acceptors (Lipinski definition) is 6. The summed E-state index contributed by atoms with van der Waals surface area (Å²) in [5.74, 6) is 0.815. The lowest BCUT2D eigenvalue weighted by Gasteiger charge is -2.18. The van der Waals surface area contributed by atoms with Gasteiger partial charge in [-0.15, -0.1) is 0 Å². The summed E-state index contributed by atoms with van der Waals surface area (Å²) in [6.07, 6.45) is 1.97. The van der Waals surface area contributed by atoms with Crippen LogP contribution in [0.25, 0.3) is 5.69 Å². The third kappa shape index (κ3) is 3.94. The van der Waals surface area contributed by atoms with Crippen LogP contribution in [0.3, 0.4) is 0 Å². The maximum atomic E-state index is 5.96. The Morgan fingerprint density at radius 1 is 1.07 bits per heavy atom. The van der Waals surface area contributed by atoms with Crippen LogP contribution in [0, 0.1) is 6.92 Å². The van der Waals surface area contributed by atoms with Crippen molar-refractivity contribution in [3.63, 3.8) is 0 Å². The molecule has 0 radical (unpaired) electrons. The fourth-order valence-corrected chi connectivity index (χ4v) is 3.97. The first-order chi connectivity index (χ1) is 13.1. The van der Waals surface area contributed by atoms with Gasteiger partial charge in [-0.3, -0.25) is 5.01 Å². The molecule has 0 atom stereocenters. The summed E-state index contributed by atoms with van der Waals surface area (Å²) in [4.78, 5) is 0. The number of benzene rings is 2. The summed E-state index contributed by atoms with van der Waals surface area (Å²) in [5, 5.41) is 18.4. The van der Waals surface area contributed by atoms with Gasteiger partial charge in [0.2, 0.25) is 0 Å². The molecule has 0 spiro atoms. The molecule has 3 aromatic rings. The van der Waals surface area contributed by atoms with E-state index in [9.17, 15) is 0 Å². The molecule has 0 bridgehead atoms. The molecule has 1 aromatic heterocycles. The molecule has 1 aliphatic rings. The van der Waals surface area contributed by atoms with Gasteiger partial charge in [0.15, 0.2) is 0 Å². The second-order valence-electron chi connectivity index (χ2n) is 6.31. The largest absolute Gasteiger partial charge is 0.258 e. The second kappa shape index (κ2) is 7.62. The Morgan fingerprint density at radius 3 is 2.63 bits per heavy atom. The number of halogens is 1. The Labute approximate surface area is 167 Å². The van der Waals surface area contributed by atoms with Crippen LogP contribution in [0.5, 0.6) is 0 Å². The standard InChI is InChI=1S/C19H19ClN6S/c1-14-4-3-5-18(26-13-24(2)22-23-26)17(14)12-27-19-10-11-25(21-19)16-8-6-15(20)7-9-16/h3-11H,12-13H2,1-2H3. The molecule has 2 aromatic carbocycles. The Kier molecular flexibility index (Phi) is 5.05. The molecule has 2 heterocycles. The number of thioether (sulfide) groups is 1. The molecule has 1 aliphatic heterocycles. The highest BCUT2D eigenvalue weighted by Crippen LogP contribution is 2.32. The summed E-state index contributed by atoms with van der Waals surface area (Å²) < 4.78 is 1.86. The highest BCUT2D eigenvalue weighted by atomic mass is 35.5. The molecule has 27 heavy (non-hydrogen) atoms. The number of nitrogens with zero attached hydrogens (tertiary/aromatic N) is 6. The van der Waals surface area contributed by atoms with Crippen molar-refractivity contribution in [2.24, 2.45) is 10.4 Å². The van der Waals surface area contributed by atoms with E-state index in [4.69, 9.17) is 11.6 Å². The van der Waals surface area contributed by atoms with Crippen molar-refractivity contribution in [3.8, 4) is 5.69 Å². The van der Waals surface area contributed by atoms with Crippen LogP contribution < -0.4 is 5.01 Å². The van der Waals surface area contributed by atoms with E-state index in [1.165, 1.54) is 11.1 Å². The van der Waals surface area contributed by atoms with Gasteiger partial charge >= 0.3 is 0 Å². The van der Waals surface area contributed by atoms with Gasteiger partial charge in [0.25, 0.3) is 0 Å². The molecule has 0 aliphatic carbocycles. The van der Waals surface area contributed by atoms with Gasteiger partial charge in [-0.25, -0.2) is 9.69 Å². The van der Waals surface area contributed by atoms with Gasteiger partial charge in [0.1, 0.15) is 11.7 Å². The van der Waals surface area contributed by atoms with Gasteiger partial charge in [-0.05, 0) is 59.7 Å². The molecule has 8 heteroatoms. The highest BCUT2D eigenvalue weighted by Gasteiger charge is 2.18. The van der Waals surface area contributed by atoms with Crippen molar-refractivity contribution in [1.82, 2.24) is 14.8 Å². The maximum Gasteiger partial charge on any atom is 0.132 e. The quantitative estimate of drug-likeness (QED) is 0.560. The van der Waals surface area contributed by atoms with Crippen molar-refractivity contribution >= 4 is 29.1 Å². The zero-order valence-corrected chi connectivity index (χ0v) is 16.7. The molecule has 0 fully saturated rings. The van der Waals surface area contributed by atoms with Crippen LogP contribution in [0.15, 0.2) is 70.2 Å². The SMILES string of the molecule is Cc1cccc(N2CN(C)N=N2)c1CSc1ccn(-c2ccc(Cl)cc2)n1. The Morgan fingerprint density at radius 2 is 1.89 bits per heavy atom. The summed E-state index contributed by atoms with van der Waals surface area (Å²) in [6, 6.07) is 16.0. The monoisotopic (exact) mass is 398 g/mol. The van der Waals surface area contributed by atoms with E-state index in [0.717, 1.165) is 27.2 Å². The summed E-state index contributed by atoms with van der Waals surface area (Å²) in [6.45, 7) is 2.79. The molecule has 0 unspecified atom stereocenters.